The number of hydrogen-bond acceptors (Lipinski definition) is 7. The van der Waals surface area contributed by atoms with Gasteiger partial charge >= 0.3 is 0 Å². The summed E-state index contributed by atoms with van der Waals surface area (Å²) in [6.07, 6.45) is 0. The highest BCUT2D eigenvalue weighted by molar-refractivity contribution is 7.99. The van der Waals surface area contributed by atoms with E-state index in [1.54, 1.807) is 36.7 Å². The molecule has 2 amide bonds. The number of benzene rings is 2. The number of nitrogens with zero attached hydrogens (tertiary/aromatic N) is 4. The monoisotopic (exact) mass is 550 g/mol. The molecule has 0 saturated carbocycles. The predicted molar refractivity (Wildman–Crippen MR) is 140 cm³/mol. The number of rotatable bonds is 9. The van der Waals surface area contributed by atoms with Crippen LogP contribution in [0, 0.1) is 23.0 Å². The molecule has 0 bridgehead atoms. The average Bonchev–Trinajstić information content (AvgIpc) is 3.16. The molecule has 0 unspecified atom stereocenters. The highest BCUT2D eigenvalue weighted by Crippen LogP contribution is 2.27. The van der Waals surface area contributed by atoms with E-state index in [9.17, 15) is 19.7 Å². The van der Waals surface area contributed by atoms with Crippen molar-refractivity contribution in [2.75, 3.05) is 11.1 Å². The fraction of sp³-hybridized carbons (Fsp3) is 0.304. The molecule has 0 fully saturated rings. The van der Waals surface area contributed by atoms with Crippen molar-refractivity contribution in [1.29, 1.82) is 0 Å². The molecule has 2 N–H and O–H groups in total. The molecule has 3 aromatic rings. The summed E-state index contributed by atoms with van der Waals surface area (Å²) in [5, 5.41) is 26.2. The molecule has 0 radical (unpaired) electrons. The molecule has 0 aliphatic carbocycles. The third-order valence-corrected chi connectivity index (χ3v) is 6.88. The van der Waals surface area contributed by atoms with Gasteiger partial charge in [-0.05, 0) is 36.6 Å². The van der Waals surface area contributed by atoms with Gasteiger partial charge in [0.2, 0.25) is 5.91 Å². The maximum atomic E-state index is 12.9. The lowest BCUT2D eigenvalue weighted by Crippen LogP contribution is -2.33. The minimum atomic E-state index is -0.518. The van der Waals surface area contributed by atoms with Gasteiger partial charge in [0.15, 0.2) is 11.0 Å². The van der Waals surface area contributed by atoms with Crippen LogP contribution in [-0.4, -0.2) is 37.3 Å². The maximum absolute atomic E-state index is 12.9. The number of aryl methyl sites for hydroxylation is 1. The third kappa shape index (κ3) is 6.54. The van der Waals surface area contributed by atoms with Crippen molar-refractivity contribution in [2.45, 2.75) is 32.0 Å². The molecular weight excluding hydrogens is 527 g/mol. The fourth-order valence-electron chi connectivity index (χ4n) is 3.32. The van der Waals surface area contributed by atoms with E-state index in [4.69, 9.17) is 23.2 Å². The van der Waals surface area contributed by atoms with E-state index in [-0.39, 0.29) is 39.8 Å². The first-order valence-corrected chi connectivity index (χ1v) is 12.5. The topological polar surface area (TPSA) is 132 Å². The van der Waals surface area contributed by atoms with Crippen LogP contribution in [0.25, 0.3) is 0 Å². The number of amides is 2. The van der Waals surface area contributed by atoms with Crippen molar-refractivity contribution in [2.24, 2.45) is 13.0 Å². The summed E-state index contributed by atoms with van der Waals surface area (Å²) in [5.41, 5.74) is 1.26. The van der Waals surface area contributed by atoms with Crippen molar-refractivity contribution < 1.29 is 14.5 Å². The largest absolute Gasteiger partial charge is 0.342 e. The molecule has 0 aliphatic heterocycles. The van der Waals surface area contributed by atoms with Crippen molar-refractivity contribution in [1.82, 2.24) is 20.1 Å². The fourth-order valence-corrected chi connectivity index (χ4v) is 4.53. The van der Waals surface area contributed by atoms with Gasteiger partial charge in [0.05, 0.1) is 33.0 Å². The summed E-state index contributed by atoms with van der Waals surface area (Å²) in [4.78, 5) is 35.9. The summed E-state index contributed by atoms with van der Waals surface area (Å²) < 4.78 is 1.71. The minimum absolute atomic E-state index is 0.00714. The highest BCUT2D eigenvalue weighted by atomic mass is 35.5. The molecule has 1 atom stereocenters. The van der Waals surface area contributed by atoms with E-state index < -0.39 is 11.0 Å². The zero-order valence-electron chi connectivity index (χ0n) is 19.9. The second-order valence-corrected chi connectivity index (χ2v) is 10.1. The normalized spacial score (nSPS) is 11.9. The van der Waals surface area contributed by atoms with Gasteiger partial charge in [0, 0.05) is 24.2 Å². The van der Waals surface area contributed by atoms with E-state index in [0.29, 0.717) is 27.3 Å². The van der Waals surface area contributed by atoms with Crippen LogP contribution in [-0.2, 0) is 11.8 Å². The Balaban J connectivity index is 1.69. The van der Waals surface area contributed by atoms with Gasteiger partial charge in [0.25, 0.3) is 11.6 Å². The number of aromatic nitrogens is 3. The molecule has 1 heterocycles. The van der Waals surface area contributed by atoms with Gasteiger partial charge in [-0.3, -0.25) is 19.7 Å². The first kappa shape index (κ1) is 27.4. The highest BCUT2D eigenvalue weighted by Gasteiger charge is 2.26. The Morgan fingerprint density at radius 1 is 1.17 bits per heavy atom. The van der Waals surface area contributed by atoms with Crippen LogP contribution in [0.2, 0.25) is 10.0 Å². The summed E-state index contributed by atoms with van der Waals surface area (Å²) >= 11 is 13.3. The van der Waals surface area contributed by atoms with Crippen LogP contribution < -0.4 is 10.6 Å². The number of hydrogen-bond donors (Lipinski definition) is 2. The number of nitro benzene ring substituents is 1. The minimum Gasteiger partial charge on any atom is -0.342 e. The Kier molecular flexibility index (Phi) is 8.93. The SMILES string of the molecule is Cc1ccc([N+](=O)[O-])cc1NC(=O)CSc1nnc([C@@H](NC(=O)c2ccc(Cl)cc2Cl)C(C)C)n1C. The van der Waals surface area contributed by atoms with Crippen LogP contribution >= 0.6 is 35.0 Å². The van der Waals surface area contributed by atoms with Gasteiger partial charge in [-0.25, -0.2) is 0 Å². The van der Waals surface area contributed by atoms with E-state index >= 15 is 0 Å². The number of anilines is 1. The van der Waals surface area contributed by atoms with E-state index in [1.807, 2.05) is 13.8 Å². The first-order chi connectivity index (χ1) is 17.0. The zero-order chi connectivity index (χ0) is 26.6. The van der Waals surface area contributed by atoms with Crippen LogP contribution in [0.5, 0.6) is 0 Å². The van der Waals surface area contributed by atoms with E-state index in [2.05, 4.69) is 20.8 Å². The molecule has 13 heteroatoms. The summed E-state index contributed by atoms with van der Waals surface area (Å²) in [6, 6.07) is 8.44. The van der Waals surface area contributed by atoms with Crippen molar-refractivity contribution >= 4 is 58.2 Å². The molecular formula is C23H24Cl2N6O4S. The second-order valence-electron chi connectivity index (χ2n) is 8.31. The molecule has 0 saturated heterocycles. The zero-order valence-corrected chi connectivity index (χ0v) is 22.2. The third-order valence-electron chi connectivity index (χ3n) is 5.31. The van der Waals surface area contributed by atoms with Gasteiger partial charge in [-0.1, -0.05) is 54.9 Å². The maximum Gasteiger partial charge on any atom is 0.271 e. The molecule has 3 rings (SSSR count). The van der Waals surface area contributed by atoms with Crippen LogP contribution in [0.15, 0.2) is 41.6 Å². The second kappa shape index (κ2) is 11.7. The number of halogens is 2. The summed E-state index contributed by atoms with van der Waals surface area (Å²) in [6.45, 7) is 5.62. The predicted octanol–water partition coefficient (Wildman–Crippen LogP) is 5.20. The molecule has 10 nitrogen and oxygen atoms in total. The Labute approximate surface area is 221 Å². The smallest absolute Gasteiger partial charge is 0.271 e. The average molecular weight is 551 g/mol. The van der Waals surface area contributed by atoms with E-state index in [1.165, 1.54) is 18.2 Å². The number of carbonyl (C=O) groups is 2. The molecule has 1 aromatic heterocycles. The summed E-state index contributed by atoms with van der Waals surface area (Å²) in [7, 11) is 1.75. The number of carbonyl (C=O) groups excluding carboxylic acids is 2. The number of nitro groups is 1. The van der Waals surface area contributed by atoms with Crippen LogP contribution in [0.1, 0.15) is 41.6 Å². The lowest BCUT2D eigenvalue weighted by atomic mass is 10.0. The lowest BCUT2D eigenvalue weighted by Gasteiger charge is -2.22. The van der Waals surface area contributed by atoms with Crippen LogP contribution in [0.3, 0.4) is 0 Å². The Morgan fingerprint density at radius 2 is 1.89 bits per heavy atom. The van der Waals surface area contributed by atoms with Crippen molar-refractivity contribution in [3.05, 3.63) is 73.5 Å². The Morgan fingerprint density at radius 3 is 2.53 bits per heavy atom. The molecule has 0 aliphatic rings. The van der Waals surface area contributed by atoms with Gasteiger partial charge < -0.3 is 15.2 Å². The van der Waals surface area contributed by atoms with Crippen molar-refractivity contribution in [3.63, 3.8) is 0 Å². The van der Waals surface area contributed by atoms with Crippen molar-refractivity contribution in [3.8, 4) is 0 Å². The van der Waals surface area contributed by atoms with Gasteiger partial charge in [-0.2, -0.15) is 0 Å². The number of nitrogens with one attached hydrogen (secondary N) is 2. The van der Waals surface area contributed by atoms with Gasteiger partial charge in [-0.15, -0.1) is 10.2 Å². The standard InChI is InChI=1S/C23H24Cl2N6O4S/c1-12(2)20(27-22(33)16-8-6-14(24)9-17(16)25)21-28-29-23(30(21)4)36-11-19(32)26-18-10-15(31(34)35)7-5-13(18)3/h5-10,12,20H,11H2,1-4H3,(H,26,32)(H,27,33)/t20-/m0/s1. The van der Waals surface area contributed by atoms with E-state index in [0.717, 1.165) is 11.8 Å². The lowest BCUT2D eigenvalue weighted by molar-refractivity contribution is -0.384. The molecule has 0 spiro atoms. The summed E-state index contributed by atoms with van der Waals surface area (Å²) in [5.74, 6) is -0.229. The van der Waals surface area contributed by atoms with Crippen LogP contribution in [0.4, 0.5) is 11.4 Å². The Hall–Kier alpha value is -3.15. The molecule has 36 heavy (non-hydrogen) atoms. The number of non-ortho nitro benzene ring substituents is 1. The first-order valence-electron chi connectivity index (χ1n) is 10.8. The quantitative estimate of drug-likeness (QED) is 0.212. The molecule has 190 valence electrons. The van der Waals surface area contributed by atoms with Gasteiger partial charge in [0.1, 0.15) is 0 Å². The molecule has 2 aromatic carbocycles. The Bertz CT molecular complexity index is 1310. The number of thioether (sulfide) groups is 1.